The van der Waals surface area contributed by atoms with Crippen molar-refractivity contribution in [2.24, 2.45) is 0 Å². The molecule has 2 aromatic carbocycles. The second-order valence-corrected chi connectivity index (χ2v) is 7.76. The largest absolute Gasteiger partial charge is 0.494 e. The van der Waals surface area contributed by atoms with Crippen LogP contribution in [0.25, 0.3) is 0 Å². The Kier molecular flexibility index (Phi) is 6.95. The van der Waals surface area contributed by atoms with Crippen molar-refractivity contribution in [2.75, 3.05) is 12.4 Å². The van der Waals surface area contributed by atoms with E-state index in [4.69, 9.17) is 4.74 Å². The number of carbonyl (C=O) groups is 1. The van der Waals surface area contributed by atoms with Gasteiger partial charge >= 0.3 is 0 Å². The number of thiazole rings is 1. The van der Waals surface area contributed by atoms with Gasteiger partial charge in [-0.25, -0.2) is 9.37 Å². The first-order valence-corrected chi connectivity index (χ1v) is 10.2. The lowest BCUT2D eigenvalue weighted by Crippen LogP contribution is -2.18. The highest BCUT2D eigenvalue weighted by Gasteiger charge is 2.12. The zero-order valence-electron chi connectivity index (χ0n) is 16.7. The average Bonchev–Trinajstić information content (AvgIpc) is 3.15. The molecule has 0 aliphatic carbocycles. The van der Waals surface area contributed by atoms with Gasteiger partial charge in [0.15, 0.2) is 11.6 Å². The van der Waals surface area contributed by atoms with Crippen LogP contribution < -0.4 is 15.4 Å². The molecule has 152 valence electrons. The number of aromatic nitrogens is 1. The summed E-state index contributed by atoms with van der Waals surface area (Å²) in [5.41, 5.74) is 3.61. The SMILES string of the molecule is COc1ccc(C(C)NCc2csc(CC(=O)Nc3ccc(C)cc3)n2)cc1F. The highest BCUT2D eigenvalue weighted by Crippen LogP contribution is 2.22. The topological polar surface area (TPSA) is 63.2 Å². The van der Waals surface area contributed by atoms with Gasteiger partial charge < -0.3 is 15.4 Å². The number of ether oxygens (including phenoxy) is 1. The summed E-state index contributed by atoms with van der Waals surface area (Å²) in [4.78, 5) is 16.7. The van der Waals surface area contributed by atoms with Crippen LogP contribution in [0.3, 0.4) is 0 Å². The molecule has 0 aliphatic rings. The lowest BCUT2D eigenvalue weighted by molar-refractivity contribution is -0.115. The predicted octanol–water partition coefficient (Wildman–Crippen LogP) is 4.63. The number of carbonyl (C=O) groups excluding carboxylic acids is 1. The lowest BCUT2D eigenvalue weighted by Gasteiger charge is -2.14. The van der Waals surface area contributed by atoms with Crippen LogP contribution in [0.15, 0.2) is 47.8 Å². The Morgan fingerprint density at radius 3 is 2.69 bits per heavy atom. The molecule has 0 aliphatic heterocycles. The standard InChI is InChI=1S/C22H24FN3O2S/c1-14-4-7-17(8-5-14)25-21(27)11-22-26-18(13-29-22)12-24-15(2)16-6-9-20(28-3)19(23)10-16/h4-10,13,15,24H,11-12H2,1-3H3,(H,25,27). The number of nitrogens with one attached hydrogen (secondary N) is 2. The molecule has 1 amide bonds. The molecule has 0 spiro atoms. The molecule has 0 fully saturated rings. The number of amides is 1. The molecule has 0 saturated heterocycles. The van der Waals surface area contributed by atoms with Gasteiger partial charge in [-0.05, 0) is 43.7 Å². The third-order valence-corrected chi connectivity index (χ3v) is 5.41. The van der Waals surface area contributed by atoms with E-state index in [9.17, 15) is 9.18 Å². The van der Waals surface area contributed by atoms with Crippen molar-refractivity contribution in [3.05, 3.63) is 75.5 Å². The highest BCUT2D eigenvalue weighted by atomic mass is 32.1. The summed E-state index contributed by atoms with van der Waals surface area (Å²) in [5.74, 6) is -0.243. The van der Waals surface area contributed by atoms with Crippen molar-refractivity contribution in [1.29, 1.82) is 0 Å². The maximum atomic E-state index is 13.9. The second-order valence-electron chi connectivity index (χ2n) is 6.82. The molecular weight excluding hydrogens is 389 g/mol. The van der Waals surface area contributed by atoms with Crippen LogP contribution in [0.4, 0.5) is 10.1 Å². The van der Waals surface area contributed by atoms with Crippen molar-refractivity contribution in [3.8, 4) is 5.75 Å². The van der Waals surface area contributed by atoms with E-state index in [1.807, 2.05) is 49.6 Å². The third-order valence-electron chi connectivity index (χ3n) is 4.51. The molecule has 0 radical (unpaired) electrons. The zero-order valence-corrected chi connectivity index (χ0v) is 17.5. The fraction of sp³-hybridized carbons (Fsp3) is 0.273. The fourth-order valence-corrected chi connectivity index (χ4v) is 3.61. The number of hydrogen-bond acceptors (Lipinski definition) is 5. The normalized spacial score (nSPS) is 11.9. The van der Waals surface area contributed by atoms with E-state index in [1.54, 1.807) is 6.07 Å². The van der Waals surface area contributed by atoms with E-state index >= 15 is 0 Å². The molecule has 0 bridgehead atoms. The van der Waals surface area contributed by atoms with E-state index in [2.05, 4.69) is 15.6 Å². The third kappa shape index (κ3) is 5.85. The van der Waals surface area contributed by atoms with Crippen molar-refractivity contribution in [3.63, 3.8) is 0 Å². The van der Waals surface area contributed by atoms with Gasteiger partial charge in [0, 0.05) is 23.7 Å². The van der Waals surface area contributed by atoms with Crippen molar-refractivity contribution in [1.82, 2.24) is 10.3 Å². The Morgan fingerprint density at radius 1 is 1.24 bits per heavy atom. The Hall–Kier alpha value is -2.77. The van der Waals surface area contributed by atoms with Gasteiger partial charge in [-0.15, -0.1) is 11.3 Å². The monoisotopic (exact) mass is 413 g/mol. The van der Waals surface area contributed by atoms with E-state index in [0.717, 1.165) is 27.5 Å². The van der Waals surface area contributed by atoms with E-state index < -0.39 is 0 Å². The molecule has 7 heteroatoms. The molecular formula is C22H24FN3O2S. The van der Waals surface area contributed by atoms with Crippen molar-refractivity contribution >= 4 is 22.9 Å². The van der Waals surface area contributed by atoms with Gasteiger partial charge in [0.05, 0.1) is 19.2 Å². The van der Waals surface area contributed by atoms with Gasteiger partial charge in [0.2, 0.25) is 5.91 Å². The number of aryl methyl sites for hydroxylation is 1. The minimum atomic E-state index is -0.380. The summed E-state index contributed by atoms with van der Waals surface area (Å²) in [6.45, 7) is 4.50. The van der Waals surface area contributed by atoms with Crippen molar-refractivity contribution in [2.45, 2.75) is 32.9 Å². The number of hydrogen-bond donors (Lipinski definition) is 2. The molecule has 2 N–H and O–H groups in total. The van der Waals surface area contributed by atoms with E-state index in [1.165, 1.54) is 24.5 Å². The first-order chi connectivity index (χ1) is 13.9. The summed E-state index contributed by atoms with van der Waals surface area (Å²) in [5, 5.41) is 8.90. The lowest BCUT2D eigenvalue weighted by atomic mass is 10.1. The molecule has 0 saturated carbocycles. The Balaban J connectivity index is 1.51. The van der Waals surface area contributed by atoms with Crippen LogP contribution in [0.2, 0.25) is 0 Å². The van der Waals surface area contributed by atoms with Gasteiger partial charge in [-0.3, -0.25) is 4.79 Å². The number of anilines is 1. The number of methoxy groups -OCH3 is 1. The maximum Gasteiger partial charge on any atom is 0.231 e. The summed E-state index contributed by atoms with van der Waals surface area (Å²) in [6, 6.07) is 12.6. The molecule has 1 atom stereocenters. The van der Waals surface area contributed by atoms with E-state index in [0.29, 0.717) is 6.54 Å². The van der Waals surface area contributed by atoms with Crippen LogP contribution in [-0.4, -0.2) is 18.0 Å². The zero-order chi connectivity index (χ0) is 20.8. The van der Waals surface area contributed by atoms with Crippen LogP contribution in [0.1, 0.15) is 34.8 Å². The van der Waals surface area contributed by atoms with Crippen LogP contribution in [-0.2, 0) is 17.8 Å². The van der Waals surface area contributed by atoms with Gasteiger partial charge in [0.1, 0.15) is 5.01 Å². The smallest absolute Gasteiger partial charge is 0.231 e. The first kappa shape index (κ1) is 21.0. The fourth-order valence-electron chi connectivity index (χ4n) is 2.82. The minimum absolute atomic E-state index is 0.0506. The van der Waals surface area contributed by atoms with Gasteiger partial charge in [-0.2, -0.15) is 0 Å². The Labute approximate surface area is 174 Å². The number of benzene rings is 2. The number of rotatable bonds is 8. The summed E-state index contributed by atoms with van der Waals surface area (Å²) in [7, 11) is 1.45. The molecule has 1 unspecified atom stereocenters. The summed E-state index contributed by atoms with van der Waals surface area (Å²) >= 11 is 1.46. The maximum absolute atomic E-state index is 13.9. The molecule has 1 heterocycles. The van der Waals surface area contributed by atoms with E-state index in [-0.39, 0.29) is 29.9 Å². The number of nitrogens with zero attached hydrogens (tertiary/aromatic N) is 1. The van der Waals surface area contributed by atoms with Gasteiger partial charge in [-0.1, -0.05) is 23.8 Å². The van der Waals surface area contributed by atoms with Crippen LogP contribution in [0.5, 0.6) is 5.75 Å². The summed E-state index contributed by atoms with van der Waals surface area (Å²) < 4.78 is 18.8. The molecule has 29 heavy (non-hydrogen) atoms. The first-order valence-electron chi connectivity index (χ1n) is 9.31. The Morgan fingerprint density at radius 2 is 2.00 bits per heavy atom. The second kappa shape index (κ2) is 9.62. The minimum Gasteiger partial charge on any atom is -0.494 e. The highest BCUT2D eigenvalue weighted by molar-refractivity contribution is 7.09. The number of halogens is 1. The molecule has 1 aromatic heterocycles. The van der Waals surface area contributed by atoms with Crippen LogP contribution >= 0.6 is 11.3 Å². The predicted molar refractivity (Wildman–Crippen MR) is 114 cm³/mol. The Bertz CT molecular complexity index is 972. The molecule has 5 nitrogen and oxygen atoms in total. The summed E-state index contributed by atoms with van der Waals surface area (Å²) in [6.07, 6.45) is 0.234. The molecule has 3 rings (SSSR count). The average molecular weight is 414 g/mol. The van der Waals surface area contributed by atoms with Gasteiger partial charge in [0.25, 0.3) is 0 Å². The van der Waals surface area contributed by atoms with Crippen molar-refractivity contribution < 1.29 is 13.9 Å². The quantitative estimate of drug-likeness (QED) is 0.565. The molecule has 3 aromatic rings. The van der Waals surface area contributed by atoms with Crippen LogP contribution in [0, 0.1) is 12.7 Å².